The third-order valence-corrected chi connectivity index (χ3v) is 6.26. The Labute approximate surface area is 143 Å². The summed E-state index contributed by atoms with van der Waals surface area (Å²) in [5.74, 6) is 0. The van der Waals surface area contributed by atoms with Crippen LogP contribution in [0.2, 0.25) is 0 Å². The zero-order valence-corrected chi connectivity index (χ0v) is 14.9. The molecule has 0 saturated carbocycles. The van der Waals surface area contributed by atoms with Crippen LogP contribution in [0.5, 0.6) is 0 Å². The number of nitrogens with one attached hydrogen (secondary N) is 1. The van der Waals surface area contributed by atoms with Gasteiger partial charge in [-0.15, -0.1) is 0 Å². The van der Waals surface area contributed by atoms with Crippen molar-refractivity contribution in [1.29, 1.82) is 0 Å². The average molecular weight is 351 g/mol. The van der Waals surface area contributed by atoms with Crippen molar-refractivity contribution in [1.82, 2.24) is 14.5 Å². The molecule has 7 heteroatoms. The first kappa shape index (κ1) is 17.2. The fourth-order valence-electron chi connectivity index (χ4n) is 3.36. The van der Waals surface area contributed by atoms with Crippen LogP contribution in [0.1, 0.15) is 31.2 Å². The number of carbonyl (C=O) groups excluding carboxylic acids is 1. The van der Waals surface area contributed by atoms with E-state index >= 15 is 0 Å². The van der Waals surface area contributed by atoms with Gasteiger partial charge in [0.1, 0.15) is 0 Å². The summed E-state index contributed by atoms with van der Waals surface area (Å²) in [4.78, 5) is 16.4. The Balaban J connectivity index is 1.64. The fourth-order valence-corrected chi connectivity index (χ4v) is 4.62. The summed E-state index contributed by atoms with van der Waals surface area (Å²) >= 11 is 0. The van der Waals surface area contributed by atoms with Crippen molar-refractivity contribution in [2.45, 2.75) is 43.5 Å². The van der Waals surface area contributed by atoms with Gasteiger partial charge in [-0.1, -0.05) is 17.7 Å². The number of piperidine rings is 1. The predicted molar refractivity (Wildman–Crippen MR) is 92.3 cm³/mol. The maximum absolute atomic E-state index is 12.5. The molecule has 2 aliphatic rings. The van der Waals surface area contributed by atoms with Gasteiger partial charge < -0.3 is 9.80 Å². The van der Waals surface area contributed by atoms with Crippen LogP contribution in [0.4, 0.5) is 4.79 Å². The molecule has 0 aliphatic carbocycles. The lowest BCUT2D eigenvalue weighted by atomic mass is 10.1. The Kier molecular flexibility index (Phi) is 5.10. The smallest absolute Gasteiger partial charge is 0.320 e. The number of hydrogen-bond donors (Lipinski definition) is 1. The number of hydrogen-bond acceptors (Lipinski definition) is 3. The van der Waals surface area contributed by atoms with Crippen LogP contribution in [0.25, 0.3) is 0 Å². The molecular weight excluding hydrogens is 326 g/mol. The molecule has 1 aromatic carbocycles. The maximum Gasteiger partial charge on any atom is 0.320 e. The largest absolute Gasteiger partial charge is 0.325 e. The van der Waals surface area contributed by atoms with E-state index in [1.54, 1.807) is 29.2 Å². The minimum absolute atomic E-state index is 0.0479. The molecule has 0 spiro atoms. The summed E-state index contributed by atoms with van der Waals surface area (Å²) in [6.45, 7) is 4.70. The van der Waals surface area contributed by atoms with Crippen molar-refractivity contribution < 1.29 is 13.2 Å². The molecule has 24 heavy (non-hydrogen) atoms. The molecule has 2 aliphatic heterocycles. The summed E-state index contributed by atoms with van der Waals surface area (Å²) in [6, 6.07) is 6.64. The van der Waals surface area contributed by atoms with Crippen LogP contribution in [-0.2, 0) is 10.0 Å². The Morgan fingerprint density at radius 3 is 2.33 bits per heavy atom. The van der Waals surface area contributed by atoms with Crippen molar-refractivity contribution in [3.05, 3.63) is 29.8 Å². The van der Waals surface area contributed by atoms with E-state index < -0.39 is 10.0 Å². The number of rotatable bonds is 3. The minimum Gasteiger partial charge on any atom is -0.325 e. The highest BCUT2D eigenvalue weighted by Gasteiger charge is 2.30. The second kappa shape index (κ2) is 7.11. The number of nitrogens with zero attached hydrogens (tertiary/aromatic N) is 2. The third kappa shape index (κ3) is 3.89. The lowest BCUT2D eigenvalue weighted by molar-refractivity contribution is 0.145. The molecule has 0 bridgehead atoms. The minimum atomic E-state index is -3.55. The van der Waals surface area contributed by atoms with Gasteiger partial charge in [-0.05, 0) is 44.7 Å². The van der Waals surface area contributed by atoms with Gasteiger partial charge in [-0.3, -0.25) is 0 Å². The Hall–Kier alpha value is -1.60. The molecule has 6 nitrogen and oxygen atoms in total. The fraction of sp³-hybridized carbons (Fsp3) is 0.588. The molecule has 3 rings (SSSR count). The molecule has 1 unspecified atom stereocenters. The van der Waals surface area contributed by atoms with Crippen LogP contribution in [0, 0.1) is 6.92 Å². The SMILES string of the molecule is Cc1ccc(S(=O)(=O)NC2CCCN(C(=O)N3CCCC3)C2)cc1. The van der Waals surface area contributed by atoms with Gasteiger partial charge in [0.2, 0.25) is 10.0 Å². The highest BCUT2D eigenvalue weighted by molar-refractivity contribution is 7.89. The molecule has 1 aromatic rings. The third-order valence-electron chi connectivity index (χ3n) is 4.72. The van der Waals surface area contributed by atoms with E-state index in [4.69, 9.17) is 0 Å². The van der Waals surface area contributed by atoms with E-state index in [0.717, 1.165) is 44.3 Å². The van der Waals surface area contributed by atoms with Crippen molar-refractivity contribution in [2.75, 3.05) is 26.2 Å². The Morgan fingerprint density at radius 2 is 1.67 bits per heavy atom. The molecule has 132 valence electrons. The molecule has 2 heterocycles. The van der Waals surface area contributed by atoms with Crippen molar-refractivity contribution in [3.63, 3.8) is 0 Å². The summed E-state index contributed by atoms with van der Waals surface area (Å²) in [7, 11) is -3.55. The van der Waals surface area contributed by atoms with E-state index in [1.807, 2.05) is 11.8 Å². The second-order valence-electron chi connectivity index (χ2n) is 6.70. The summed E-state index contributed by atoms with van der Waals surface area (Å²) in [6.07, 6.45) is 3.70. The first-order valence-corrected chi connectivity index (χ1v) is 10.1. The lowest BCUT2D eigenvalue weighted by Gasteiger charge is -2.35. The summed E-state index contributed by atoms with van der Waals surface area (Å²) in [5, 5.41) is 0. The van der Waals surface area contributed by atoms with Gasteiger partial charge in [0.05, 0.1) is 4.90 Å². The van der Waals surface area contributed by atoms with E-state index in [-0.39, 0.29) is 17.0 Å². The maximum atomic E-state index is 12.5. The second-order valence-corrected chi connectivity index (χ2v) is 8.41. The van der Waals surface area contributed by atoms with E-state index in [2.05, 4.69) is 4.72 Å². The Morgan fingerprint density at radius 1 is 1.04 bits per heavy atom. The molecular formula is C17H25N3O3S. The predicted octanol–water partition coefficient (Wildman–Crippen LogP) is 1.95. The van der Waals surface area contributed by atoms with Gasteiger partial charge in [0.15, 0.2) is 0 Å². The molecule has 1 atom stereocenters. The number of likely N-dealkylation sites (tertiary alicyclic amines) is 2. The zero-order valence-electron chi connectivity index (χ0n) is 14.1. The molecule has 0 radical (unpaired) electrons. The number of carbonyl (C=O) groups is 1. The van der Waals surface area contributed by atoms with Crippen molar-refractivity contribution in [2.24, 2.45) is 0 Å². The normalized spacial score (nSPS) is 22.0. The van der Waals surface area contributed by atoms with Crippen LogP contribution >= 0.6 is 0 Å². The van der Waals surface area contributed by atoms with E-state index in [1.165, 1.54) is 0 Å². The van der Waals surface area contributed by atoms with Crippen molar-refractivity contribution in [3.8, 4) is 0 Å². The van der Waals surface area contributed by atoms with E-state index in [9.17, 15) is 13.2 Å². The van der Waals surface area contributed by atoms with Gasteiger partial charge >= 0.3 is 6.03 Å². The highest BCUT2D eigenvalue weighted by Crippen LogP contribution is 2.18. The van der Waals surface area contributed by atoms with Crippen LogP contribution < -0.4 is 4.72 Å². The van der Waals surface area contributed by atoms with Gasteiger partial charge in [0, 0.05) is 32.2 Å². The van der Waals surface area contributed by atoms with E-state index in [0.29, 0.717) is 13.1 Å². The molecule has 2 fully saturated rings. The molecule has 2 saturated heterocycles. The monoisotopic (exact) mass is 351 g/mol. The summed E-state index contributed by atoms with van der Waals surface area (Å²) in [5.41, 5.74) is 1.02. The molecule has 0 aromatic heterocycles. The number of sulfonamides is 1. The summed E-state index contributed by atoms with van der Waals surface area (Å²) < 4.78 is 27.8. The van der Waals surface area contributed by atoms with Crippen molar-refractivity contribution >= 4 is 16.1 Å². The first-order valence-electron chi connectivity index (χ1n) is 8.58. The Bertz CT molecular complexity index is 682. The van der Waals surface area contributed by atoms with Crippen LogP contribution in [0.3, 0.4) is 0 Å². The van der Waals surface area contributed by atoms with Crippen LogP contribution in [-0.4, -0.2) is 56.5 Å². The quantitative estimate of drug-likeness (QED) is 0.905. The number of benzene rings is 1. The van der Waals surface area contributed by atoms with Gasteiger partial charge in [-0.2, -0.15) is 0 Å². The van der Waals surface area contributed by atoms with Crippen LogP contribution in [0.15, 0.2) is 29.2 Å². The molecule has 2 amide bonds. The highest BCUT2D eigenvalue weighted by atomic mass is 32.2. The van der Waals surface area contributed by atoms with Gasteiger partial charge in [0.25, 0.3) is 0 Å². The number of aryl methyl sites for hydroxylation is 1. The first-order chi connectivity index (χ1) is 11.5. The lowest BCUT2D eigenvalue weighted by Crippen LogP contribution is -2.52. The molecule has 1 N–H and O–H groups in total. The standard InChI is InChI=1S/C17H25N3O3S/c1-14-6-8-16(9-7-14)24(22,23)18-15-5-4-12-20(13-15)17(21)19-10-2-3-11-19/h6-9,15,18H,2-5,10-13H2,1H3. The van der Waals surface area contributed by atoms with Gasteiger partial charge in [-0.25, -0.2) is 17.9 Å². The topological polar surface area (TPSA) is 69.7 Å². The average Bonchev–Trinajstić information content (AvgIpc) is 3.09. The number of urea groups is 1. The zero-order chi connectivity index (χ0) is 17.2. The number of amides is 2.